The standard InChI is InChI=1S/C10H15N3/c1-12-7-3-4-9(8-12)10-5-6-11-13(10)2/h4-6H,3,7-8H2,1-2H3. The van der Waals surface area contributed by atoms with Crippen LogP contribution in [-0.2, 0) is 7.05 Å². The van der Waals surface area contributed by atoms with Crippen LogP contribution in [0.4, 0.5) is 0 Å². The second-order valence-corrected chi connectivity index (χ2v) is 3.60. The summed E-state index contributed by atoms with van der Waals surface area (Å²) in [4.78, 5) is 2.34. The summed E-state index contributed by atoms with van der Waals surface area (Å²) in [5.41, 5.74) is 2.64. The lowest BCUT2D eigenvalue weighted by atomic mass is 10.1. The molecule has 13 heavy (non-hydrogen) atoms. The average molecular weight is 177 g/mol. The molecule has 1 aliphatic rings. The van der Waals surface area contributed by atoms with Crippen molar-refractivity contribution in [2.24, 2.45) is 7.05 Å². The first-order valence-corrected chi connectivity index (χ1v) is 4.63. The first-order chi connectivity index (χ1) is 6.27. The van der Waals surface area contributed by atoms with E-state index < -0.39 is 0 Å². The van der Waals surface area contributed by atoms with Crippen LogP contribution in [0.5, 0.6) is 0 Å². The Morgan fingerprint density at radius 1 is 1.38 bits per heavy atom. The van der Waals surface area contributed by atoms with Gasteiger partial charge in [-0.05, 0) is 25.1 Å². The molecule has 0 atom stereocenters. The van der Waals surface area contributed by atoms with Gasteiger partial charge in [0.1, 0.15) is 0 Å². The van der Waals surface area contributed by atoms with E-state index >= 15 is 0 Å². The number of rotatable bonds is 1. The van der Waals surface area contributed by atoms with E-state index in [9.17, 15) is 0 Å². The van der Waals surface area contributed by atoms with Crippen LogP contribution in [0.15, 0.2) is 18.3 Å². The maximum absolute atomic E-state index is 4.17. The first-order valence-electron chi connectivity index (χ1n) is 4.63. The van der Waals surface area contributed by atoms with Crippen molar-refractivity contribution in [3.8, 4) is 0 Å². The second kappa shape index (κ2) is 3.34. The second-order valence-electron chi connectivity index (χ2n) is 3.60. The van der Waals surface area contributed by atoms with E-state index in [-0.39, 0.29) is 0 Å². The van der Waals surface area contributed by atoms with Gasteiger partial charge in [-0.15, -0.1) is 0 Å². The minimum atomic E-state index is 1.04. The molecule has 3 nitrogen and oxygen atoms in total. The van der Waals surface area contributed by atoms with Crippen molar-refractivity contribution in [2.45, 2.75) is 6.42 Å². The highest BCUT2D eigenvalue weighted by atomic mass is 15.3. The Hall–Kier alpha value is -1.09. The van der Waals surface area contributed by atoms with Crippen molar-refractivity contribution in [3.05, 3.63) is 24.0 Å². The first kappa shape index (κ1) is 8.51. The highest BCUT2D eigenvalue weighted by molar-refractivity contribution is 5.64. The van der Waals surface area contributed by atoms with Gasteiger partial charge in [0.15, 0.2) is 0 Å². The van der Waals surface area contributed by atoms with Crippen LogP contribution < -0.4 is 0 Å². The van der Waals surface area contributed by atoms with Crippen molar-refractivity contribution in [1.82, 2.24) is 14.7 Å². The lowest BCUT2D eigenvalue weighted by Crippen LogP contribution is -2.25. The SMILES string of the molecule is CN1CCC=C(c2ccnn2C)C1. The molecule has 2 rings (SSSR count). The van der Waals surface area contributed by atoms with E-state index in [1.165, 1.54) is 17.8 Å². The van der Waals surface area contributed by atoms with Crippen LogP contribution in [0.25, 0.3) is 5.57 Å². The summed E-state index contributed by atoms with van der Waals surface area (Å²) in [5, 5.41) is 4.17. The van der Waals surface area contributed by atoms with Gasteiger partial charge in [0.25, 0.3) is 0 Å². The van der Waals surface area contributed by atoms with Crippen molar-refractivity contribution in [1.29, 1.82) is 0 Å². The molecule has 0 spiro atoms. The molecule has 1 aromatic heterocycles. The van der Waals surface area contributed by atoms with E-state index in [0.717, 1.165) is 13.0 Å². The van der Waals surface area contributed by atoms with Crippen LogP contribution in [0.3, 0.4) is 0 Å². The summed E-state index contributed by atoms with van der Waals surface area (Å²) >= 11 is 0. The van der Waals surface area contributed by atoms with E-state index in [1.54, 1.807) is 0 Å². The van der Waals surface area contributed by atoms with Crippen molar-refractivity contribution >= 4 is 5.57 Å². The predicted molar refractivity (Wildman–Crippen MR) is 53.3 cm³/mol. The molecule has 2 heterocycles. The molecule has 0 saturated carbocycles. The Morgan fingerprint density at radius 3 is 2.85 bits per heavy atom. The summed E-state index contributed by atoms with van der Waals surface area (Å²) < 4.78 is 1.94. The fourth-order valence-corrected chi connectivity index (χ4v) is 1.77. The van der Waals surface area contributed by atoms with Crippen LogP contribution in [0.1, 0.15) is 12.1 Å². The smallest absolute Gasteiger partial charge is 0.0648 e. The summed E-state index contributed by atoms with van der Waals surface area (Å²) in [5.74, 6) is 0. The molecule has 0 saturated heterocycles. The van der Waals surface area contributed by atoms with Gasteiger partial charge < -0.3 is 4.90 Å². The molecule has 0 radical (unpaired) electrons. The quantitative estimate of drug-likeness (QED) is 0.641. The molecule has 0 amide bonds. The number of hydrogen-bond acceptors (Lipinski definition) is 2. The van der Waals surface area contributed by atoms with E-state index in [1.807, 2.05) is 17.9 Å². The molecule has 0 bridgehead atoms. The maximum Gasteiger partial charge on any atom is 0.0648 e. The zero-order chi connectivity index (χ0) is 9.26. The third-order valence-corrected chi connectivity index (χ3v) is 2.49. The summed E-state index contributed by atoms with van der Waals surface area (Å²) in [6.45, 7) is 2.21. The Kier molecular flexibility index (Phi) is 2.19. The number of aromatic nitrogens is 2. The third kappa shape index (κ3) is 1.65. The normalized spacial score (nSPS) is 18.8. The minimum absolute atomic E-state index is 1.04. The van der Waals surface area contributed by atoms with Gasteiger partial charge in [-0.3, -0.25) is 4.68 Å². The zero-order valence-corrected chi connectivity index (χ0v) is 8.20. The topological polar surface area (TPSA) is 21.1 Å². The van der Waals surface area contributed by atoms with Gasteiger partial charge in [-0.1, -0.05) is 6.08 Å². The lowest BCUT2D eigenvalue weighted by molar-refractivity contribution is 0.372. The largest absolute Gasteiger partial charge is 0.302 e. The van der Waals surface area contributed by atoms with Gasteiger partial charge in [-0.25, -0.2) is 0 Å². The van der Waals surface area contributed by atoms with E-state index in [2.05, 4.69) is 29.2 Å². The van der Waals surface area contributed by atoms with Gasteiger partial charge in [0.2, 0.25) is 0 Å². The van der Waals surface area contributed by atoms with Crippen LogP contribution >= 0.6 is 0 Å². The fourth-order valence-electron chi connectivity index (χ4n) is 1.77. The molecule has 0 aliphatic carbocycles. The number of hydrogen-bond donors (Lipinski definition) is 0. The maximum atomic E-state index is 4.17. The van der Waals surface area contributed by atoms with Gasteiger partial charge in [0, 0.05) is 26.3 Å². The highest BCUT2D eigenvalue weighted by Gasteiger charge is 2.12. The fraction of sp³-hybridized carbons (Fsp3) is 0.500. The minimum Gasteiger partial charge on any atom is -0.302 e. The summed E-state index contributed by atoms with van der Waals surface area (Å²) in [6.07, 6.45) is 5.32. The van der Waals surface area contributed by atoms with Crippen LogP contribution in [0.2, 0.25) is 0 Å². The Morgan fingerprint density at radius 2 is 2.23 bits per heavy atom. The zero-order valence-electron chi connectivity index (χ0n) is 8.20. The molecule has 0 fully saturated rings. The van der Waals surface area contributed by atoms with Gasteiger partial charge in [-0.2, -0.15) is 5.10 Å². The molecule has 1 aromatic rings. The summed E-state index contributed by atoms with van der Waals surface area (Å²) in [7, 11) is 4.15. The monoisotopic (exact) mass is 177 g/mol. The molecular formula is C10H15N3. The Labute approximate surface area is 78.7 Å². The van der Waals surface area contributed by atoms with E-state index in [0.29, 0.717) is 0 Å². The molecule has 0 unspecified atom stereocenters. The average Bonchev–Trinajstić information content (AvgIpc) is 2.51. The lowest BCUT2D eigenvalue weighted by Gasteiger charge is -2.22. The Bertz CT molecular complexity index is 325. The van der Waals surface area contributed by atoms with E-state index in [4.69, 9.17) is 0 Å². The molecule has 3 heteroatoms. The molecule has 1 aliphatic heterocycles. The number of aryl methyl sites for hydroxylation is 1. The molecular weight excluding hydrogens is 162 g/mol. The van der Waals surface area contributed by atoms with Crippen molar-refractivity contribution in [3.63, 3.8) is 0 Å². The molecule has 70 valence electrons. The molecule has 0 aromatic carbocycles. The third-order valence-electron chi connectivity index (χ3n) is 2.49. The van der Waals surface area contributed by atoms with Crippen LogP contribution in [0, 0.1) is 0 Å². The number of nitrogens with zero attached hydrogens (tertiary/aromatic N) is 3. The van der Waals surface area contributed by atoms with Crippen LogP contribution in [-0.4, -0.2) is 34.8 Å². The van der Waals surface area contributed by atoms with Crippen molar-refractivity contribution in [2.75, 3.05) is 20.1 Å². The van der Waals surface area contributed by atoms with Gasteiger partial charge >= 0.3 is 0 Å². The highest BCUT2D eigenvalue weighted by Crippen LogP contribution is 2.18. The predicted octanol–water partition coefficient (Wildman–Crippen LogP) is 1.14. The van der Waals surface area contributed by atoms with Crippen molar-refractivity contribution < 1.29 is 0 Å². The van der Waals surface area contributed by atoms with Gasteiger partial charge in [0.05, 0.1) is 5.69 Å². The molecule has 0 N–H and O–H groups in total. The summed E-state index contributed by atoms with van der Waals surface area (Å²) in [6, 6.07) is 2.07. The Balaban J connectivity index is 2.26. The number of likely N-dealkylation sites (N-methyl/N-ethyl adjacent to an activating group) is 1.